The standard InChI is InChI=1S/C21H30N8O17P4/c1-10(30)27-13(19(23)33)6-11-2-4-12(5-3-11)28-47(34,35)44-49(38,39)46-50(40,41)45-48(36,37)42-7-14-16(31)17(32)21(43-14)29-9-26-15-18(22)24-8-25-20(15)29/h2-5,8-9,13-14,16-17,21,31-32H,6-7H2,1H3,(H2,23,33)(H,27,30)(H,36,37)(H,38,39)(H,40,41)(H2,22,24,25)(H2,28,34,35)/t13?,14-,16-,17-,21?/m1/s1. The van der Waals surface area contributed by atoms with E-state index in [1.165, 1.54) is 23.6 Å². The Morgan fingerprint density at radius 3 is 2.20 bits per heavy atom. The molecule has 9 atom stereocenters. The lowest BCUT2D eigenvalue weighted by molar-refractivity contribution is -0.126. The molecule has 2 aromatic heterocycles. The third-order valence-corrected chi connectivity index (χ3v) is 12.4. The second kappa shape index (κ2) is 15.2. The third kappa shape index (κ3) is 10.4. The number of fused-ring (bicyclic) bond motifs is 1. The van der Waals surface area contributed by atoms with Crippen molar-refractivity contribution >= 4 is 65.7 Å². The number of nitrogen functional groups attached to an aromatic ring is 1. The number of primary amides is 1. The number of benzene rings is 1. The van der Waals surface area contributed by atoms with Crippen LogP contribution in [-0.4, -0.2) is 92.1 Å². The Balaban J connectivity index is 1.32. The lowest BCUT2D eigenvalue weighted by Crippen LogP contribution is -2.44. The number of nitrogens with one attached hydrogen (secondary N) is 2. The van der Waals surface area contributed by atoms with Crippen LogP contribution in [0.15, 0.2) is 36.9 Å². The second-order valence-electron chi connectivity index (χ2n) is 10.3. The number of nitrogens with zero attached hydrogens (tertiary/aromatic N) is 4. The van der Waals surface area contributed by atoms with Crippen molar-refractivity contribution < 1.29 is 79.8 Å². The van der Waals surface area contributed by atoms with E-state index in [1.807, 2.05) is 5.09 Å². The van der Waals surface area contributed by atoms with Gasteiger partial charge in [-0.05, 0) is 17.7 Å². The summed E-state index contributed by atoms with van der Waals surface area (Å²) in [4.78, 5) is 74.1. The predicted molar refractivity (Wildman–Crippen MR) is 165 cm³/mol. The molecule has 0 saturated carbocycles. The number of carbonyl (C=O) groups excluding carboxylic acids is 2. The van der Waals surface area contributed by atoms with Crippen LogP contribution in [0.1, 0.15) is 18.7 Å². The number of rotatable bonds is 16. The van der Waals surface area contributed by atoms with Crippen molar-refractivity contribution in [3.05, 3.63) is 42.5 Å². The lowest BCUT2D eigenvalue weighted by atomic mass is 10.1. The molecule has 2 amide bonds. The van der Waals surface area contributed by atoms with Crippen molar-refractivity contribution in [2.75, 3.05) is 17.4 Å². The number of carbonyl (C=O) groups is 2. The highest BCUT2D eigenvalue weighted by Gasteiger charge is 2.48. The number of amides is 2. The van der Waals surface area contributed by atoms with Crippen LogP contribution < -0.4 is 21.9 Å². The van der Waals surface area contributed by atoms with E-state index in [1.54, 1.807) is 0 Å². The van der Waals surface area contributed by atoms with Crippen molar-refractivity contribution in [3.63, 3.8) is 0 Å². The van der Waals surface area contributed by atoms with Crippen LogP contribution in [0, 0.1) is 0 Å². The van der Waals surface area contributed by atoms with Crippen LogP contribution in [0.25, 0.3) is 11.2 Å². The number of aliphatic hydroxyl groups excluding tert-OH is 2. The first-order valence-corrected chi connectivity index (χ1v) is 19.6. The highest BCUT2D eigenvalue weighted by atomic mass is 31.3. The van der Waals surface area contributed by atoms with Crippen molar-refractivity contribution in [3.8, 4) is 0 Å². The van der Waals surface area contributed by atoms with Gasteiger partial charge >= 0.3 is 31.2 Å². The minimum atomic E-state index is -6.11. The molecule has 3 heterocycles. The maximum Gasteiger partial charge on any atom is 0.490 e. The first-order chi connectivity index (χ1) is 23.1. The molecular weight excluding hydrogens is 760 g/mol. The van der Waals surface area contributed by atoms with Crippen LogP contribution in [0.4, 0.5) is 11.5 Å². The van der Waals surface area contributed by atoms with E-state index in [0.717, 1.165) is 24.8 Å². The van der Waals surface area contributed by atoms with Crippen LogP contribution in [0.3, 0.4) is 0 Å². The molecule has 1 aliphatic heterocycles. The Morgan fingerprint density at radius 2 is 1.58 bits per heavy atom. The van der Waals surface area contributed by atoms with Gasteiger partial charge < -0.3 is 51.3 Å². The van der Waals surface area contributed by atoms with Crippen molar-refractivity contribution in [2.45, 2.75) is 43.9 Å². The number of ether oxygens (including phenoxy) is 1. The molecule has 276 valence electrons. The van der Waals surface area contributed by atoms with Gasteiger partial charge in [-0.15, -0.1) is 0 Å². The number of anilines is 2. The van der Waals surface area contributed by atoms with Gasteiger partial charge in [-0.2, -0.15) is 12.9 Å². The molecule has 4 rings (SSSR count). The van der Waals surface area contributed by atoms with E-state index in [0.29, 0.717) is 5.56 Å². The molecule has 0 radical (unpaired) electrons. The van der Waals surface area contributed by atoms with Crippen molar-refractivity contribution in [1.82, 2.24) is 24.8 Å². The zero-order chi connectivity index (χ0) is 37.2. The van der Waals surface area contributed by atoms with Gasteiger partial charge in [0.25, 0.3) is 0 Å². The molecule has 6 unspecified atom stereocenters. The molecule has 25 nitrogen and oxygen atoms in total. The van der Waals surface area contributed by atoms with Crippen LogP contribution >= 0.6 is 31.2 Å². The summed E-state index contributed by atoms with van der Waals surface area (Å²) in [6, 6.07) is 3.89. The summed E-state index contributed by atoms with van der Waals surface area (Å²) in [5.41, 5.74) is 11.4. The van der Waals surface area contributed by atoms with Gasteiger partial charge in [0, 0.05) is 19.0 Å². The maximum absolute atomic E-state index is 12.4. The SMILES string of the molecule is CC(=O)NC(Cc1ccc(NP(=O)(O)OP(=O)(O)OP(=O)(O)OP(=O)(O)OC[C@H]2OC(n3cnc4c(N)ncnc43)[C@H](O)[C@@H]2O)cc1)C(N)=O. The van der Waals surface area contributed by atoms with Gasteiger partial charge in [0.1, 0.15) is 36.2 Å². The third-order valence-electron chi connectivity index (χ3n) is 6.41. The highest BCUT2D eigenvalue weighted by Crippen LogP contribution is 2.71. The Morgan fingerprint density at radius 1 is 0.960 bits per heavy atom. The maximum atomic E-state index is 12.4. The van der Waals surface area contributed by atoms with E-state index in [-0.39, 0.29) is 29.1 Å². The zero-order valence-corrected chi connectivity index (χ0v) is 28.7. The summed E-state index contributed by atoms with van der Waals surface area (Å²) < 4.78 is 72.4. The van der Waals surface area contributed by atoms with Crippen molar-refractivity contribution in [2.24, 2.45) is 5.73 Å². The fraction of sp³-hybridized carbons (Fsp3) is 0.381. The van der Waals surface area contributed by atoms with E-state index < -0.39 is 80.2 Å². The Hall–Kier alpha value is -3.21. The van der Waals surface area contributed by atoms with Gasteiger partial charge in [0.2, 0.25) is 11.8 Å². The molecule has 1 saturated heterocycles. The number of hydrogen-bond donors (Lipinski definition) is 10. The predicted octanol–water partition coefficient (Wildman–Crippen LogP) is -0.860. The number of hydrogen-bond acceptors (Lipinski definition) is 17. The smallest absolute Gasteiger partial charge is 0.387 e. The van der Waals surface area contributed by atoms with Gasteiger partial charge in [-0.25, -0.2) is 33.2 Å². The Bertz CT molecular complexity index is 1930. The molecule has 1 aromatic carbocycles. The molecule has 3 aromatic rings. The lowest BCUT2D eigenvalue weighted by Gasteiger charge is -2.21. The average molecular weight is 790 g/mol. The first-order valence-electron chi connectivity index (χ1n) is 13.5. The Labute approximate surface area is 279 Å². The molecule has 0 aliphatic carbocycles. The minimum Gasteiger partial charge on any atom is -0.387 e. The number of aromatic nitrogens is 4. The highest BCUT2D eigenvalue weighted by molar-refractivity contribution is 7.71. The molecule has 29 heteroatoms. The quantitative estimate of drug-likeness (QED) is 0.0789. The fourth-order valence-electron chi connectivity index (χ4n) is 4.38. The monoisotopic (exact) mass is 790 g/mol. The Kier molecular flexibility index (Phi) is 12.0. The molecule has 50 heavy (non-hydrogen) atoms. The van der Waals surface area contributed by atoms with E-state index in [2.05, 4.69) is 37.7 Å². The first kappa shape index (κ1) is 39.6. The fourth-order valence-corrected chi connectivity index (χ4v) is 9.52. The van der Waals surface area contributed by atoms with Crippen LogP contribution in [-0.2, 0) is 56.5 Å². The topological polar surface area (TPSA) is 390 Å². The number of phosphoric acid groups is 3. The normalized spacial score (nSPS) is 24.7. The summed E-state index contributed by atoms with van der Waals surface area (Å²) in [6.45, 7) is 0.0912. The average Bonchev–Trinajstić information content (AvgIpc) is 3.51. The van der Waals surface area contributed by atoms with E-state index in [9.17, 15) is 57.6 Å². The molecule has 0 bridgehead atoms. The number of phosphoric ester groups is 1. The molecule has 12 N–H and O–H groups in total. The summed E-state index contributed by atoms with van der Waals surface area (Å²) in [7, 11) is -23.3. The second-order valence-corrected chi connectivity index (χ2v) is 16.6. The molecule has 0 spiro atoms. The van der Waals surface area contributed by atoms with Gasteiger partial charge in [0.05, 0.1) is 12.9 Å². The zero-order valence-electron chi connectivity index (χ0n) is 25.2. The largest absolute Gasteiger partial charge is 0.490 e. The number of nitrogens with two attached hydrogens (primary N) is 2. The van der Waals surface area contributed by atoms with Gasteiger partial charge in [-0.1, -0.05) is 12.1 Å². The van der Waals surface area contributed by atoms with Gasteiger partial charge in [-0.3, -0.25) is 23.8 Å². The van der Waals surface area contributed by atoms with Crippen LogP contribution in [0.5, 0.6) is 0 Å². The summed E-state index contributed by atoms with van der Waals surface area (Å²) in [5, 5.41) is 25.0. The van der Waals surface area contributed by atoms with Crippen LogP contribution in [0.2, 0.25) is 0 Å². The molecule has 1 fully saturated rings. The van der Waals surface area contributed by atoms with Crippen molar-refractivity contribution in [1.29, 1.82) is 0 Å². The summed E-state index contributed by atoms with van der Waals surface area (Å²) in [5.74, 6) is -1.36. The molecule has 1 aliphatic rings. The van der Waals surface area contributed by atoms with Gasteiger partial charge in [0.15, 0.2) is 17.7 Å². The summed E-state index contributed by atoms with van der Waals surface area (Å²) in [6.07, 6.45) is -4.24. The summed E-state index contributed by atoms with van der Waals surface area (Å²) >= 11 is 0. The number of imidazole rings is 1. The van der Waals surface area contributed by atoms with E-state index in [4.69, 9.17) is 16.2 Å². The molecular formula is C21H30N8O17P4. The van der Waals surface area contributed by atoms with E-state index >= 15 is 0 Å². The minimum absolute atomic E-state index is 0.00391. The number of aliphatic hydroxyl groups is 2.